The van der Waals surface area contributed by atoms with Crippen LogP contribution in [-0.2, 0) is 19.8 Å². The maximum Gasteiger partial charge on any atom is 0.407 e. The number of nitrogens with two attached hydrogens (primary N) is 1. The number of carbonyl (C=O) groups is 2. The van der Waals surface area contributed by atoms with E-state index in [4.69, 9.17) is 15.0 Å². The number of thiol groups is 1. The van der Waals surface area contributed by atoms with E-state index in [1.807, 2.05) is 13.8 Å². The zero-order valence-corrected chi connectivity index (χ0v) is 18.8. The van der Waals surface area contributed by atoms with E-state index in [0.717, 1.165) is 12.8 Å². The summed E-state index contributed by atoms with van der Waals surface area (Å²) in [6.45, 7) is 5.40. The first-order valence-electron chi connectivity index (χ1n) is 9.79. The minimum atomic E-state index is -4.20. The van der Waals surface area contributed by atoms with Crippen molar-refractivity contribution in [2.24, 2.45) is 17.6 Å². The van der Waals surface area contributed by atoms with Crippen LogP contribution in [0.25, 0.3) is 0 Å². The Kier molecular flexibility index (Phi) is 10.7. The van der Waals surface area contributed by atoms with Crippen LogP contribution in [0.1, 0.15) is 52.9 Å². The third-order valence-corrected chi connectivity index (χ3v) is 6.12. The highest BCUT2D eigenvalue weighted by Crippen LogP contribution is 2.29. The zero-order chi connectivity index (χ0) is 22.2. The molecule has 0 aliphatic heterocycles. The number of hydrogen-bond donors (Lipinski definition) is 6. The molecule has 3 unspecified atom stereocenters. The van der Waals surface area contributed by atoms with Crippen LogP contribution in [0.15, 0.2) is 0 Å². The van der Waals surface area contributed by atoms with E-state index >= 15 is 0 Å². The van der Waals surface area contributed by atoms with E-state index in [-0.39, 0.29) is 30.5 Å². The molecule has 0 aromatic rings. The van der Waals surface area contributed by atoms with Gasteiger partial charge in [0.25, 0.3) is 0 Å². The average Bonchev–Trinajstić information content (AvgIpc) is 2.59. The van der Waals surface area contributed by atoms with Crippen LogP contribution in [0.2, 0.25) is 0 Å². The lowest BCUT2D eigenvalue weighted by atomic mass is 9.82. The summed E-state index contributed by atoms with van der Waals surface area (Å²) >= 11 is 4.24. The van der Waals surface area contributed by atoms with E-state index in [1.54, 1.807) is 6.92 Å². The molecule has 1 aliphatic rings. The Labute approximate surface area is 178 Å². The van der Waals surface area contributed by atoms with Crippen molar-refractivity contribution in [2.45, 2.75) is 76.4 Å². The van der Waals surface area contributed by atoms with Crippen molar-refractivity contribution in [3.05, 3.63) is 0 Å². The smallest absolute Gasteiger partial charge is 0.407 e. The summed E-state index contributed by atoms with van der Waals surface area (Å²) in [5, 5.41) is 4.62. The standard InChI is InChI=1S/C17H34N4O6S2/c1-10(2)11(3)27-17(23)19-9-15(22)20-14(16(18)28)8-12-4-6-13(7-5-12)21-29(24,25)26/h10-14,16,21,28H,4-9,18H2,1-3H3,(H,19,23)(H,20,22)(H,24,25,26). The van der Waals surface area contributed by atoms with Crippen LogP contribution < -0.4 is 21.1 Å². The molecular formula is C17H34N4O6S2. The summed E-state index contributed by atoms with van der Waals surface area (Å²) < 4.78 is 38.0. The molecule has 0 radical (unpaired) electrons. The van der Waals surface area contributed by atoms with E-state index in [9.17, 15) is 18.0 Å². The molecule has 6 N–H and O–H groups in total. The van der Waals surface area contributed by atoms with Gasteiger partial charge in [0.1, 0.15) is 12.6 Å². The lowest BCUT2D eigenvalue weighted by molar-refractivity contribution is -0.121. The molecule has 0 saturated heterocycles. The summed E-state index contributed by atoms with van der Waals surface area (Å²) in [4.78, 5) is 23.9. The Balaban J connectivity index is 2.41. The predicted octanol–water partition coefficient (Wildman–Crippen LogP) is 0.798. The summed E-state index contributed by atoms with van der Waals surface area (Å²) in [6, 6.07) is -0.684. The van der Waals surface area contributed by atoms with Gasteiger partial charge in [-0.15, -0.1) is 0 Å². The molecule has 12 heteroatoms. The Hall–Kier alpha value is -1.08. The van der Waals surface area contributed by atoms with Crippen LogP contribution in [0.5, 0.6) is 0 Å². The molecule has 170 valence electrons. The fourth-order valence-corrected chi connectivity index (χ4v) is 3.98. The van der Waals surface area contributed by atoms with E-state index in [2.05, 4.69) is 28.0 Å². The second-order valence-corrected chi connectivity index (χ2v) is 9.70. The highest BCUT2D eigenvalue weighted by molar-refractivity contribution is 7.83. The highest BCUT2D eigenvalue weighted by atomic mass is 32.2. The van der Waals surface area contributed by atoms with Gasteiger partial charge in [-0.3, -0.25) is 9.35 Å². The van der Waals surface area contributed by atoms with Crippen molar-refractivity contribution in [3.63, 3.8) is 0 Å². The second kappa shape index (κ2) is 11.9. The lowest BCUT2D eigenvalue weighted by Gasteiger charge is -2.32. The van der Waals surface area contributed by atoms with Crippen LogP contribution in [0.3, 0.4) is 0 Å². The number of hydrogen-bond acceptors (Lipinski definition) is 7. The molecule has 0 spiro atoms. The molecule has 0 heterocycles. The van der Waals surface area contributed by atoms with Crippen molar-refractivity contribution in [2.75, 3.05) is 6.54 Å². The van der Waals surface area contributed by atoms with Crippen LogP contribution in [0, 0.1) is 11.8 Å². The van der Waals surface area contributed by atoms with Gasteiger partial charge in [0.2, 0.25) is 5.91 Å². The van der Waals surface area contributed by atoms with Gasteiger partial charge in [0.05, 0.1) is 11.4 Å². The molecule has 1 fully saturated rings. The van der Waals surface area contributed by atoms with Gasteiger partial charge in [0, 0.05) is 6.04 Å². The molecule has 10 nitrogen and oxygen atoms in total. The fourth-order valence-electron chi connectivity index (χ4n) is 3.13. The van der Waals surface area contributed by atoms with Crippen molar-refractivity contribution in [1.29, 1.82) is 0 Å². The molecule has 3 atom stereocenters. The summed E-state index contributed by atoms with van der Waals surface area (Å²) in [5.74, 6) is 0.0158. The first kappa shape index (κ1) is 26.0. The fraction of sp³-hybridized carbons (Fsp3) is 0.882. The Morgan fingerprint density at radius 2 is 1.79 bits per heavy atom. The van der Waals surface area contributed by atoms with E-state index < -0.39 is 33.7 Å². The zero-order valence-electron chi connectivity index (χ0n) is 17.1. The van der Waals surface area contributed by atoms with Crippen LogP contribution in [-0.4, -0.2) is 55.1 Å². The molecule has 1 aliphatic carbocycles. The number of carbonyl (C=O) groups excluding carboxylic acids is 2. The monoisotopic (exact) mass is 454 g/mol. The molecule has 0 bridgehead atoms. The van der Waals surface area contributed by atoms with Crippen LogP contribution >= 0.6 is 12.6 Å². The Bertz CT molecular complexity index is 636. The summed E-state index contributed by atoms with van der Waals surface area (Å²) in [5.41, 5.74) is 5.88. The topological polar surface area (TPSA) is 160 Å². The maximum absolute atomic E-state index is 12.2. The number of amides is 2. The van der Waals surface area contributed by atoms with Crippen molar-refractivity contribution >= 4 is 34.9 Å². The number of nitrogens with one attached hydrogen (secondary N) is 3. The summed E-state index contributed by atoms with van der Waals surface area (Å²) in [7, 11) is -4.20. The molecule has 29 heavy (non-hydrogen) atoms. The SMILES string of the molecule is CC(C)C(C)OC(=O)NCC(=O)NC(CC1CCC(NS(=O)(=O)O)CC1)C(N)S. The third-order valence-electron chi connectivity index (χ3n) is 5.13. The molecule has 2 amide bonds. The Morgan fingerprint density at radius 3 is 2.28 bits per heavy atom. The van der Waals surface area contributed by atoms with E-state index in [1.165, 1.54) is 0 Å². The predicted molar refractivity (Wildman–Crippen MR) is 113 cm³/mol. The summed E-state index contributed by atoms with van der Waals surface area (Å²) in [6.07, 6.45) is 2.32. The second-order valence-electron chi connectivity index (χ2n) is 7.92. The first-order valence-corrected chi connectivity index (χ1v) is 11.7. The van der Waals surface area contributed by atoms with Crippen molar-refractivity contribution in [3.8, 4) is 0 Å². The number of alkyl carbamates (subject to hydrolysis) is 1. The van der Waals surface area contributed by atoms with Gasteiger partial charge in [-0.05, 0) is 50.9 Å². The molecule has 1 rings (SSSR count). The molecule has 0 aromatic carbocycles. The molecule has 1 saturated carbocycles. The number of ether oxygens (including phenoxy) is 1. The van der Waals surface area contributed by atoms with Gasteiger partial charge in [-0.1, -0.05) is 13.8 Å². The first-order chi connectivity index (χ1) is 13.4. The third kappa shape index (κ3) is 11.0. The van der Waals surface area contributed by atoms with Crippen molar-refractivity contribution < 1.29 is 27.3 Å². The molecular weight excluding hydrogens is 420 g/mol. The van der Waals surface area contributed by atoms with Crippen LogP contribution in [0.4, 0.5) is 4.79 Å². The minimum Gasteiger partial charge on any atom is -0.446 e. The van der Waals surface area contributed by atoms with E-state index in [0.29, 0.717) is 19.3 Å². The largest absolute Gasteiger partial charge is 0.446 e. The average molecular weight is 455 g/mol. The van der Waals surface area contributed by atoms with Gasteiger partial charge >= 0.3 is 16.4 Å². The van der Waals surface area contributed by atoms with Gasteiger partial charge in [-0.2, -0.15) is 25.8 Å². The van der Waals surface area contributed by atoms with Gasteiger partial charge in [0.15, 0.2) is 0 Å². The quantitative estimate of drug-likeness (QED) is 0.162. The number of rotatable bonds is 10. The highest BCUT2D eigenvalue weighted by Gasteiger charge is 2.28. The normalized spacial score (nSPS) is 23.1. The van der Waals surface area contributed by atoms with Crippen molar-refractivity contribution in [1.82, 2.24) is 15.4 Å². The Morgan fingerprint density at radius 1 is 1.21 bits per heavy atom. The minimum absolute atomic E-state index is 0.170. The van der Waals surface area contributed by atoms with Gasteiger partial charge < -0.3 is 21.1 Å². The lowest BCUT2D eigenvalue weighted by Crippen LogP contribution is -2.49. The maximum atomic E-state index is 12.2. The van der Waals surface area contributed by atoms with Gasteiger partial charge in [-0.25, -0.2) is 4.79 Å². The molecule has 0 aromatic heterocycles.